The number of rotatable bonds is 7. The average Bonchev–Trinajstić information content (AvgIpc) is 3.18. The van der Waals surface area contributed by atoms with E-state index < -0.39 is 6.04 Å². The molecule has 1 atom stereocenters. The van der Waals surface area contributed by atoms with Gasteiger partial charge in [0.05, 0.1) is 45.3 Å². The van der Waals surface area contributed by atoms with Crippen LogP contribution in [0.2, 0.25) is 0 Å². The van der Waals surface area contributed by atoms with Crippen molar-refractivity contribution in [3.63, 3.8) is 0 Å². The Kier molecular flexibility index (Phi) is 8.26. The average molecular weight is 613 g/mol. The van der Waals surface area contributed by atoms with Gasteiger partial charge < -0.3 is 34.2 Å². The van der Waals surface area contributed by atoms with E-state index in [4.69, 9.17) is 14.2 Å². The van der Waals surface area contributed by atoms with Crippen molar-refractivity contribution in [2.75, 3.05) is 69.2 Å². The number of methoxy groups -OCH3 is 3. The van der Waals surface area contributed by atoms with E-state index in [9.17, 15) is 9.59 Å². The van der Waals surface area contributed by atoms with Crippen LogP contribution >= 0.6 is 0 Å². The number of allylic oxidation sites excluding steroid dienone is 1. The van der Waals surface area contributed by atoms with Crippen LogP contribution in [-0.4, -0.2) is 80.6 Å². The Hall–Kier alpha value is -4.80. The molecule has 1 aliphatic carbocycles. The van der Waals surface area contributed by atoms with Gasteiger partial charge in [0.2, 0.25) is 11.9 Å². The van der Waals surface area contributed by atoms with E-state index in [1.54, 1.807) is 45.9 Å². The molecule has 0 saturated carbocycles. The number of amides is 1. The number of anilines is 3. The van der Waals surface area contributed by atoms with E-state index in [1.807, 2.05) is 40.1 Å². The number of hydrogen-bond acceptors (Lipinski definition) is 10. The first-order chi connectivity index (χ1) is 21.7. The van der Waals surface area contributed by atoms with Crippen LogP contribution in [0.15, 0.2) is 66.1 Å². The fourth-order valence-electron chi connectivity index (χ4n) is 6.67. The Balaban J connectivity index is 1.44. The van der Waals surface area contributed by atoms with Gasteiger partial charge in [-0.1, -0.05) is 26.0 Å². The molecule has 2 aliphatic heterocycles. The molecule has 0 bridgehead atoms. The van der Waals surface area contributed by atoms with E-state index >= 15 is 0 Å². The van der Waals surface area contributed by atoms with Crippen LogP contribution in [0, 0.1) is 5.41 Å². The molecule has 0 radical (unpaired) electrons. The van der Waals surface area contributed by atoms with E-state index in [2.05, 4.69) is 34.0 Å². The van der Waals surface area contributed by atoms with Gasteiger partial charge in [0.15, 0.2) is 17.3 Å². The monoisotopic (exact) mass is 612 g/mol. The summed E-state index contributed by atoms with van der Waals surface area (Å²) in [6.45, 7) is 6.61. The zero-order valence-electron chi connectivity index (χ0n) is 26.5. The number of carbonyl (C=O) groups is 2. The predicted octanol–water partition coefficient (Wildman–Crippen LogP) is 4.47. The number of piperazine rings is 1. The fourth-order valence-corrected chi connectivity index (χ4v) is 6.67. The number of fused-ring (bicyclic) bond motifs is 1. The number of ketones is 1. The number of benzene rings is 2. The third kappa shape index (κ3) is 5.86. The Morgan fingerprint density at radius 1 is 0.911 bits per heavy atom. The molecule has 3 aromatic rings. The summed E-state index contributed by atoms with van der Waals surface area (Å²) in [6.07, 6.45) is 4.52. The topological polar surface area (TPSA) is 109 Å². The van der Waals surface area contributed by atoms with Gasteiger partial charge in [0.25, 0.3) is 0 Å². The zero-order chi connectivity index (χ0) is 31.7. The van der Waals surface area contributed by atoms with Crippen LogP contribution < -0.4 is 29.3 Å². The van der Waals surface area contributed by atoms with Crippen molar-refractivity contribution < 1.29 is 23.8 Å². The molecular formula is C34H40N6O5. The van der Waals surface area contributed by atoms with E-state index in [0.717, 1.165) is 17.1 Å². The summed E-state index contributed by atoms with van der Waals surface area (Å²) in [5.41, 5.74) is 3.65. The molecule has 3 heterocycles. The van der Waals surface area contributed by atoms with Crippen molar-refractivity contribution in [1.82, 2.24) is 14.9 Å². The maximum atomic E-state index is 14.2. The SMILES string of the molecule is COc1cc(OC)c(C2C3=C(CC(C)(C)CC3=O)Nc3ccccc3N2CC(=O)N2CCN(c3ncccn3)CC2)cc1OC. The number of nitrogens with one attached hydrogen (secondary N) is 1. The smallest absolute Gasteiger partial charge is 0.242 e. The van der Waals surface area contributed by atoms with E-state index in [0.29, 0.717) is 73.4 Å². The number of aromatic nitrogens is 2. The number of carbonyl (C=O) groups excluding carboxylic acids is 2. The first kappa shape index (κ1) is 30.2. The molecule has 11 heteroatoms. The molecule has 1 unspecified atom stereocenters. The molecular weight excluding hydrogens is 572 g/mol. The molecule has 1 amide bonds. The third-order valence-electron chi connectivity index (χ3n) is 8.81. The minimum atomic E-state index is -0.627. The minimum absolute atomic E-state index is 0.0319. The van der Waals surface area contributed by atoms with Gasteiger partial charge in [0.1, 0.15) is 5.75 Å². The lowest BCUT2D eigenvalue weighted by Gasteiger charge is -2.40. The Labute approximate surface area is 263 Å². The molecule has 11 nitrogen and oxygen atoms in total. The lowest BCUT2D eigenvalue weighted by molar-refractivity contribution is -0.130. The van der Waals surface area contributed by atoms with Crippen molar-refractivity contribution in [1.29, 1.82) is 0 Å². The Morgan fingerprint density at radius 2 is 1.58 bits per heavy atom. The maximum absolute atomic E-state index is 14.2. The van der Waals surface area contributed by atoms with Crippen LogP contribution in [0.3, 0.4) is 0 Å². The van der Waals surface area contributed by atoms with Crippen molar-refractivity contribution in [2.45, 2.75) is 32.7 Å². The molecule has 236 valence electrons. The highest BCUT2D eigenvalue weighted by molar-refractivity contribution is 6.02. The van der Waals surface area contributed by atoms with Crippen LogP contribution in [-0.2, 0) is 9.59 Å². The van der Waals surface area contributed by atoms with Gasteiger partial charge in [-0.25, -0.2) is 9.97 Å². The van der Waals surface area contributed by atoms with Gasteiger partial charge in [-0.3, -0.25) is 9.59 Å². The molecule has 1 N–H and O–H groups in total. The first-order valence-corrected chi connectivity index (χ1v) is 15.2. The zero-order valence-corrected chi connectivity index (χ0v) is 26.5. The summed E-state index contributed by atoms with van der Waals surface area (Å²) in [5.74, 6) is 2.23. The second kappa shape index (κ2) is 12.3. The maximum Gasteiger partial charge on any atom is 0.242 e. The molecule has 0 spiro atoms. The van der Waals surface area contributed by atoms with Gasteiger partial charge in [-0.05, 0) is 36.1 Å². The van der Waals surface area contributed by atoms with Crippen LogP contribution in [0.1, 0.15) is 38.3 Å². The summed E-state index contributed by atoms with van der Waals surface area (Å²) in [6, 6.07) is 12.7. The second-order valence-electron chi connectivity index (χ2n) is 12.4. The summed E-state index contributed by atoms with van der Waals surface area (Å²) in [5, 5.41) is 3.62. The quantitative estimate of drug-likeness (QED) is 0.411. The molecule has 2 aromatic carbocycles. The molecule has 6 rings (SSSR count). The normalized spacial score (nSPS) is 19.3. The van der Waals surface area contributed by atoms with Crippen LogP contribution in [0.25, 0.3) is 0 Å². The van der Waals surface area contributed by atoms with Crippen molar-refractivity contribution in [3.05, 3.63) is 71.7 Å². The summed E-state index contributed by atoms with van der Waals surface area (Å²) in [7, 11) is 4.75. The highest BCUT2D eigenvalue weighted by atomic mass is 16.5. The number of hydrogen-bond donors (Lipinski definition) is 1. The van der Waals surface area contributed by atoms with E-state index in [-0.39, 0.29) is 23.7 Å². The highest BCUT2D eigenvalue weighted by Crippen LogP contribution is 2.51. The van der Waals surface area contributed by atoms with Gasteiger partial charge >= 0.3 is 0 Å². The summed E-state index contributed by atoms with van der Waals surface area (Å²) < 4.78 is 17.2. The van der Waals surface area contributed by atoms with Gasteiger partial charge in [-0.15, -0.1) is 0 Å². The Bertz CT molecular complexity index is 1620. The standard InChI is InChI=1S/C34H40N6O5/c1-34(2)19-24-31(26(41)20-34)32(22-17-28(44-4)29(45-5)18-27(22)43-3)40(25-10-7-6-9-23(25)37-24)21-30(42)38-13-15-39(16-14-38)33-35-11-8-12-36-33/h6-12,17-18,32,37H,13-16,19-21H2,1-5H3. The number of para-hydroxylation sites is 2. The molecule has 1 saturated heterocycles. The summed E-state index contributed by atoms with van der Waals surface area (Å²) in [4.78, 5) is 43.1. The molecule has 45 heavy (non-hydrogen) atoms. The van der Waals surface area contributed by atoms with Gasteiger partial charge in [-0.2, -0.15) is 0 Å². The highest BCUT2D eigenvalue weighted by Gasteiger charge is 2.43. The lowest BCUT2D eigenvalue weighted by Crippen LogP contribution is -2.52. The van der Waals surface area contributed by atoms with Crippen LogP contribution in [0.4, 0.5) is 17.3 Å². The Morgan fingerprint density at radius 3 is 2.27 bits per heavy atom. The van der Waals surface area contributed by atoms with Gasteiger partial charge in [0, 0.05) is 67.9 Å². The molecule has 1 aromatic heterocycles. The predicted molar refractivity (Wildman–Crippen MR) is 172 cm³/mol. The first-order valence-electron chi connectivity index (χ1n) is 15.2. The largest absolute Gasteiger partial charge is 0.496 e. The third-order valence-corrected chi connectivity index (χ3v) is 8.81. The fraction of sp³-hybridized carbons (Fsp3) is 0.412. The number of nitrogens with zero attached hydrogens (tertiary/aromatic N) is 5. The minimum Gasteiger partial charge on any atom is -0.496 e. The van der Waals surface area contributed by atoms with Crippen molar-refractivity contribution in [2.24, 2.45) is 5.41 Å². The molecule has 1 fully saturated rings. The molecule has 3 aliphatic rings. The van der Waals surface area contributed by atoms with E-state index in [1.165, 1.54) is 0 Å². The van der Waals surface area contributed by atoms with Crippen molar-refractivity contribution >= 4 is 29.0 Å². The summed E-state index contributed by atoms with van der Waals surface area (Å²) >= 11 is 0. The lowest BCUT2D eigenvalue weighted by atomic mass is 9.73. The van der Waals surface area contributed by atoms with Crippen LogP contribution in [0.5, 0.6) is 17.2 Å². The number of Topliss-reactive ketones (excluding diaryl/α,β-unsaturated/α-hetero) is 1. The number of ether oxygens (including phenoxy) is 3. The van der Waals surface area contributed by atoms with Crippen molar-refractivity contribution in [3.8, 4) is 17.2 Å². The second-order valence-corrected chi connectivity index (χ2v) is 12.4.